The van der Waals surface area contributed by atoms with Gasteiger partial charge in [-0.1, -0.05) is 68.4 Å². The number of carbonyl (C=O) groups is 2. The molecule has 0 saturated heterocycles. The van der Waals surface area contributed by atoms with E-state index in [1.807, 2.05) is 48.5 Å². The molecule has 0 aromatic heterocycles. The molecule has 2 atom stereocenters. The summed E-state index contributed by atoms with van der Waals surface area (Å²) in [5, 5.41) is 3.10. The molecule has 2 amide bonds. The zero-order valence-electron chi connectivity index (χ0n) is 16.8. The van der Waals surface area contributed by atoms with Crippen LogP contribution in [0.3, 0.4) is 0 Å². The highest BCUT2D eigenvalue weighted by molar-refractivity contribution is 5.81. The molecule has 1 aliphatic rings. The number of carbonyl (C=O) groups excluding carboxylic acids is 2. The van der Waals surface area contributed by atoms with Crippen molar-refractivity contribution in [2.75, 3.05) is 6.54 Å². The molecule has 2 aromatic rings. The molecule has 0 spiro atoms. The lowest BCUT2D eigenvalue weighted by Crippen LogP contribution is -2.36. The zero-order chi connectivity index (χ0) is 20.1. The molecule has 0 bridgehead atoms. The van der Waals surface area contributed by atoms with Crippen LogP contribution in [0.2, 0.25) is 0 Å². The predicted octanol–water partition coefficient (Wildman–Crippen LogP) is 4.51. The Bertz CT molecular complexity index is 858. The summed E-state index contributed by atoms with van der Waals surface area (Å²) in [5.74, 6) is 0.568. The van der Waals surface area contributed by atoms with Crippen molar-refractivity contribution < 1.29 is 9.59 Å². The van der Waals surface area contributed by atoms with E-state index in [9.17, 15) is 9.59 Å². The number of fused-ring (bicyclic) bond motifs is 1. The monoisotopic (exact) mass is 376 g/mol. The van der Waals surface area contributed by atoms with Crippen LogP contribution in [-0.4, -0.2) is 23.3 Å². The smallest absolute Gasteiger partial charge is 0.223 e. The SMILES string of the molecule is CC(=O)N1C=Cc2ccccc2C1CC(=O)NCC(c1ccccc1)C(C)C. The normalized spacial score (nSPS) is 16.6. The summed E-state index contributed by atoms with van der Waals surface area (Å²) in [6.07, 6.45) is 3.96. The van der Waals surface area contributed by atoms with E-state index in [0.29, 0.717) is 12.5 Å². The molecule has 0 fully saturated rings. The lowest BCUT2D eigenvalue weighted by atomic mass is 9.88. The molecule has 2 unspecified atom stereocenters. The van der Waals surface area contributed by atoms with Crippen LogP contribution in [0.15, 0.2) is 60.8 Å². The van der Waals surface area contributed by atoms with Crippen molar-refractivity contribution in [1.29, 1.82) is 0 Å². The highest BCUT2D eigenvalue weighted by Crippen LogP contribution is 2.33. The first kappa shape index (κ1) is 19.9. The first-order chi connectivity index (χ1) is 13.5. The van der Waals surface area contributed by atoms with Gasteiger partial charge in [0.1, 0.15) is 0 Å². The summed E-state index contributed by atoms with van der Waals surface area (Å²) < 4.78 is 0. The number of benzene rings is 2. The molecule has 4 heteroatoms. The van der Waals surface area contributed by atoms with E-state index in [1.54, 1.807) is 11.1 Å². The number of hydrogen-bond acceptors (Lipinski definition) is 2. The van der Waals surface area contributed by atoms with E-state index in [4.69, 9.17) is 0 Å². The van der Waals surface area contributed by atoms with E-state index >= 15 is 0 Å². The molecule has 0 radical (unpaired) electrons. The minimum absolute atomic E-state index is 0.0389. The maximum absolute atomic E-state index is 12.8. The second kappa shape index (κ2) is 8.87. The van der Waals surface area contributed by atoms with Gasteiger partial charge in [0.15, 0.2) is 0 Å². The molecular formula is C24H28N2O2. The summed E-state index contributed by atoms with van der Waals surface area (Å²) in [4.78, 5) is 26.5. The Morgan fingerprint density at radius 2 is 1.71 bits per heavy atom. The molecule has 1 aliphatic heterocycles. The second-order valence-corrected chi connectivity index (χ2v) is 7.66. The summed E-state index contributed by atoms with van der Waals surface area (Å²) in [6, 6.07) is 17.9. The van der Waals surface area contributed by atoms with Crippen molar-refractivity contribution >= 4 is 17.9 Å². The zero-order valence-corrected chi connectivity index (χ0v) is 16.8. The van der Waals surface area contributed by atoms with Crippen molar-refractivity contribution in [3.8, 4) is 0 Å². The minimum atomic E-state index is -0.270. The summed E-state index contributed by atoms with van der Waals surface area (Å²) in [6.45, 7) is 6.46. The molecule has 0 saturated carbocycles. The van der Waals surface area contributed by atoms with Gasteiger partial charge < -0.3 is 10.2 Å². The summed E-state index contributed by atoms with van der Waals surface area (Å²) >= 11 is 0. The molecule has 146 valence electrons. The Morgan fingerprint density at radius 3 is 2.39 bits per heavy atom. The van der Waals surface area contributed by atoms with Crippen LogP contribution in [-0.2, 0) is 9.59 Å². The number of rotatable bonds is 6. The van der Waals surface area contributed by atoms with Crippen molar-refractivity contribution in [2.45, 2.75) is 39.2 Å². The molecule has 1 N–H and O–H groups in total. The fourth-order valence-electron chi connectivity index (χ4n) is 3.82. The highest BCUT2D eigenvalue weighted by Gasteiger charge is 2.28. The average molecular weight is 377 g/mol. The Labute approximate surface area is 167 Å². The topological polar surface area (TPSA) is 49.4 Å². The Kier molecular flexibility index (Phi) is 6.30. The third-order valence-electron chi connectivity index (χ3n) is 5.40. The van der Waals surface area contributed by atoms with E-state index in [2.05, 4.69) is 31.3 Å². The third-order valence-corrected chi connectivity index (χ3v) is 5.40. The van der Waals surface area contributed by atoms with Gasteiger partial charge in [0, 0.05) is 25.6 Å². The standard InChI is InChI=1S/C24H28N2O2/c1-17(2)22(19-9-5-4-6-10-19)16-25-24(28)15-23-21-12-8-7-11-20(21)13-14-26(23)18(3)27/h4-14,17,22-23H,15-16H2,1-3H3,(H,25,28). The number of nitrogens with one attached hydrogen (secondary N) is 1. The van der Waals surface area contributed by atoms with E-state index < -0.39 is 0 Å². The Balaban J connectivity index is 1.71. The molecular weight excluding hydrogens is 348 g/mol. The fourth-order valence-corrected chi connectivity index (χ4v) is 3.82. The fraction of sp³-hybridized carbons (Fsp3) is 0.333. The van der Waals surface area contributed by atoms with Crippen LogP contribution in [0, 0.1) is 5.92 Å². The van der Waals surface area contributed by atoms with Gasteiger partial charge in [0.2, 0.25) is 11.8 Å². The van der Waals surface area contributed by atoms with Gasteiger partial charge in [-0.05, 0) is 28.7 Å². The van der Waals surface area contributed by atoms with Crippen molar-refractivity contribution in [3.05, 3.63) is 77.5 Å². The van der Waals surface area contributed by atoms with Gasteiger partial charge in [-0.15, -0.1) is 0 Å². The summed E-state index contributed by atoms with van der Waals surface area (Å²) in [5.41, 5.74) is 3.30. The van der Waals surface area contributed by atoms with E-state index in [0.717, 1.165) is 11.1 Å². The van der Waals surface area contributed by atoms with Gasteiger partial charge in [0.25, 0.3) is 0 Å². The number of amides is 2. The first-order valence-electron chi connectivity index (χ1n) is 9.85. The Morgan fingerprint density at radius 1 is 1.04 bits per heavy atom. The van der Waals surface area contributed by atoms with Crippen LogP contribution in [0.5, 0.6) is 0 Å². The summed E-state index contributed by atoms with van der Waals surface area (Å²) in [7, 11) is 0. The van der Waals surface area contributed by atoms with Gasteiger partial charge in [-0.3, -0.25) is 9.59 Å². The number of hydrogen-bond donors (Lipinski definition) is 1. The molecule has 4 nitrogen and oxygen atoms in total. The van der Waals surface area contributed by atoms with Gasteiger partial charge >= 0.3 is 0 Å². The second-order valence-electron chi connectivity index (χ2n) is 7.66. The minimum Gasteiger partial charge on any atom is -0.355 e. The Hall–Kier alpha value is -2.88. The largest absolute Gasteiger partial charge is 0.355 e. The van der Waals surface area contributed by atoms with Crippen molar-refractivity contribution in [1.82, 2.24) is 10.2 Å². The van der Waals surface area contributed by atoms with Crippen LogP contribution in [0.4, 0.5) is 0 Å². The molecule has 0 aliphatic carbocycles. The van der Waals surface area contributed by atoms with E-state index in [1.165, 1.54) is 12.5 Å². The maximum atomic E-state index is 12.8. The average Bonchev–Trinajstić information content (AvgIpc) is 2.68. The van der Waals surface area contributed by atoms with Gasteiger partial charge in [0.05, 0.1) is 12.5 Å². The van der Waals surface area contributed by atoms with Gasteiger partial charge in [-0.2, -0.15) is 0 Å². The molecule has 28 heavy (non-hydrogen) atoms. The van der Waals surface area contributed by atoms with E-state index in [-0.39, 0.29) is 30.2 Å². The molecule has 3 rings (SSSR count). The van der Waals surface area contributed by atoms with Crippen LogP contribution in [0.25, 0.3) is 6.08 Å². The highest BCUT2D eigenvalue weighted by atomic mass is 16.2. The molecule has 2 aromatic carbocycles. The van der Waals surface area contributed by atoms with Crippen LogP contribution >= 0.6 is 0 Å². The number of nitrogens with zero attached hydrogens (tertiary/aromatic N) is 1. The predicted molar refractivity (Wildman–Crippen MR) is 112 cm³/mol. The maximum Gasteiger partial charge on any atom is 0.223 e. The quantitative estimate of drug-likeness (QED) is 0.807. The van der Waals surface area contributed by atoms with Crippen LogP contribution in [0.1, 0.15) is 55.8 Å². The first-order valence-corrected chi connectivity index (χ1v) is 9.85. The van der Waals surface area contributed by atoms with Crippen molar-refractivity contribution in [2.24, 2.45) is 5.92 Å². The lowest BCUT2D eigenvalue weighted by molar-refractivity contribution is -0.130. The van der Waals surface area contributed by atoms with Gasteiger partial charge in [-0.25, -0.2) is 0 Å². The third kappa shape index (κ3) is 4.50. The van der Waals surface area contributed by atoms with Crippen LogP contribution < -0.4 is 5.32 Å². The lowest BCUT2D eigenvalue weighted by Gasteiger charge is -2.32. The van der Waals surface area contributed by atoms with Crippen molar-refractivity contribution in [3.63, 3.8) is 0 Å². The molecule has 1 heterocycles.